The fourth-order valence-electron chi connectivity index (χ4n) is 2.71. The molecule has 0 aliphatic heterocycles. The number of hydrogen-bond donors (Lipinski definition) is 1. The minimum atomic E-state index is -0.0405. The number of amides is 1. The summed E-state index contributed by atoms with van der Waals surface area (Å²) in [5, 5.41) is 4.45. The smallest absolute Gasteiger partial charge is 0.272 e. The van der Waals surface area contributed by atoms with Gasteiger partial charge in [0.1, 0.15) is 9.53 Å². The third-order valence-electron chi connectivity index (χ3n) is 4.41. The summed E-state index contributed by atoms with van der Waals surface area (Å²) < 4.78 is 2.34. The van der Waals surface area contributed by atoms with Crippen LogP contribution >= 0.6 is 23.1 Å². The monoisotopic (exact) mass is 404 g/mol. The molecule has 0 spiro atoms. The lowest BCUT2D eigenvalue weighted by Crippen LogP contribution is -2.33. The lowest BCUT2D eigenvalue weighted by atomic mass is 10.3. The zero-order valence-corrected chi connectivity index (χ0v) is 17.5. The molecule has 1 N–H and O–H groups in total. The van der Waals surface area contributed by atoms with Crippen LogP contribution in [0.2, 0.25) is 0 Å². The summed E-state index contributed by atoms with van der Waals surface area (Å²) in [5.41, 5.74) is 0.645. The molecule has 3 aromatic rings. The van der Waals surface area contributed by atoms with E-state index in [9.17, 15) is 9.59 Å². The van der Waals surface area contributed by atoms with Crippen LogP contribution in [0.15, 0.2) is 28.3 Å². The van der Waals surface area contributed by atoms with E-state index in [1.807, 2.05) is 26.0 Å². The molecule has 0 aliphatic carbocycles. The van der Waals surface area contributed by atoms with Gasteiger partial charge in [0, 0.05) is 24.2 Å². The van der Waals surface area contributed by atoms with Crippen molar-refractivity contribution >= 4 is 49.4 Å². The second-order valence-corrected chi connectivity index (χ2v) is 8.45. The number of hydrogen-bond acceptors (Lipinski definition) is 6. The van der Waals surface area contributed by atoms with Gasteiger partial charge in [-0.2, -0.15) is 0 Å². The Morgan fingerprint density at radius 2 is 2.22 bits per heavy atom. The molecule has 6 nitrogen and oxygen atoms in total. The van der Waals surface area contributed by atoms with Crippen LogP contribution in [0.4, 0.5) is 0 Å². The maximum absolute atomic E-state index is 13.1. The van der Waals surface area contributed by atoms with E-state index in [4.69, 9.17) is 4.98 Å². The lowest BCUT2D eigenvalue weighted by molar-refractivity contribution is -0.119. The maximum Gasteiger partial charge on any atom is 0.272 e. The summed E-state index contributed by atoms with van der Waals surface area (Å²) >= 11 is 2.71. The number of nitrogens with zero attached hydrogens (tertiary/aromatic N) is 3. The van der Waals surface area contributed by atoms with E-state index in [0.29, 0.717) is 21.9 Å². The molecule has 1 amide bonds. The van der Waals surface area contributed by atoms with Gasteiger partial charge in [-0.25, -0.2) is 9.97 Å². The average Bonchev–Trinajstić information content (AvgIpc) is 3.04. The summed E-state index contributed by atoms with van der Waals surface area (Å²) in [6.07, 6.45) is 4.48. The van der Waals surface area contributed by atoms with Crippen molar-refractivity contribution in [3.63, 3.8) is 0 Å². The number of carbonyl (C=O) groups is 1. The van der Waals surface area contributed by atoms with Gasteiger partial charge in [0.2, 0.25) is 5.91 Å². The normalized spacial score (nSPS) is 12.6. The Balaban J connectivity index is 1.99. The molecule has 0 aromatic carbocycles. The Hall–Kier alpha value is -1.93. The zero-order chi connectivity index (χ0) is 19.4. The van der Waals surface area contributed by atoms with Gasteiger partial charge in [-0.1, -0.05) is 32.0 Å². The molecule has 0 saturated heterocycles. The first-order valence-electron chi connectivity index (χ1n) is 9.25. The van der Waals surface area contributed by atoms with Crippen LogP contribution in [0.3, 0.4) is 0 Å². The first kappa shape index (κ1) is 19.8. The number of nitrogens with one attached hydrogen (secondary N) is 1. The molecule has 3 heterocycles. The highest BCUT2D eigenvalue weighted by atomic mass is 32.2. The quantitative estimate of drug-likeness (QED) is 0.456. The van der Waals surface area contributed by atoms with E-state index in [1.165, 1.54) is 23.1 Å². The van der Waals surface area contributed by atoms with Gasteiger partial charge < -0.3 is 5.32 Å². The lowest BCUT2D eigenvalue weighted by Gasteiger charge is -2.13. The van der Waals surface area contributed by atoms with Crippen molar-refractivity contribution in [2.75, 3.05) is 5.75 Å². The molecule has 1 atom stereocenters. The van der Waals surface area contributed by atoms with Gasteiger partial charge in [-0.05, 0) is 31.9 Å². The number of thioether (sulfide) groups is 1. The van der Waals surface area contributed by atoms with Gasteiger partial charge in [0.05, 0.1) is 11.3 Å². The number of unbranched alkanes of at least 4 members (excludes halogenated alkanes) is 1. The third-order valence-corrected chi connectivity index (χ3v) is 6.47. The van der Waals surface area contributed by atoms with Crippen molar-refractivity contribution in [3.05, 3.63) is 28.7 Å². The van der Waals surface area contributed by atoms with Gasteiger partial charge in [-0.15, -0.1) is 11.3 Å². The molecule has 0 radical (unpaired) electrons. The standard InChI is InChI=1S/C19H24N4O2S2/c1-4-6-10-23-18(25)16-15(13-8-7-9-20-17(13)27-16)22-19(23)26-11-14(24)21-12(3)5-2/h7-9,12H,4-6,10-11H2,1-3H3,(H,21,24). The number of pyridine rings is 1. The minimum Gasteiger partial charge on any atom is -0.353 e. The Bertz CT molecular complexity index is 1010. The van der Waals surface area contributed by atoms with Gasteiger partial charge in [0.25, 0.3) is 5.56 Å². The Kier molecular flexibility index (Phi) is 6.49. The van der Waals surface area contributed by atoms with Crippen molar-refractivity contribution in [3.8, 4) is 0 Å². The van der Waals surface area contributed by atoms with E-state index in [0.717, 1.165) is 29.5 Å². The van der Waals surface area contributed by atoms with Crippen LogP contribution in [0.25, 0.3) is 20.4 Å². The molecule has 0 aliphatic rings. The largest absolute Gasteiger partial charge is 0.353 e. The molecular formula is C19H24N4O2S2. The highest BCUT2D eigenvalue weighted by Crippen LogP contribution is 2.30. The summed E-state index contributed by atoms with van der Waals surface area (Å²) in [4.78, 5) is 35.2. The SMILES string of the molecule is CCCCn1c(SCC(=O)NC(C)CC)nc2c(sc3ncccc32)c1=O. The van der Waals surface area contributed by atoms with Crippen LogP contribution in [0.1, 0.15) is 40.0 Å². The summed E-state index contributed by atoms with van der Waals surface area (Å²) in [5.74, 6) is 0.205. The van der Waals surface area contributed by atoms with Crippen LogP contribution < -0.4 is 10.9 Å². The molecule has 0 bridgehead atoms. The Morgan fingerprint density at radius 3 is 2.96 bits per heavy atom. The van der Waals surface area contributed by atoms with Gasteiger partial charge >= 0.3 is 0 Å². The highest BCUT2D eigenvalue weighted by molar-refractivity contribution is 7.99. The second kappa shape index (κ2) is 8.84. The predicted molar refractivity (Wildman–Crippen MR) is 113 cm³/mol. The number of fused-ring (bicyclic) bond motifs is 3. The molecule has 27 heavy (non-hydrogen) atoms. The molecule has 0 fully saturated rings. The minimum absolute atomic E-state index is 0.0393. The van der Waals surface area contributed by atoms with Crippen molar-refractivity contribution in [1.82, 2.24) is 19.9 Å². The van der Waals surface area contributed by atoms with E-state index in [1.54, 1.807) is 10.8 Å². The first-order valence-corrected chi connectivity index (χ1v) is 11.1. The second-order valence-electron chi connectivity index (χ2n) is 6.51. The van der Waals surface area contributed by atoms with Gasteiger partial charge in [0.15, 0.2) is 5.16 Å². The fourth-order valence-corrected chi connectivity index (χ4v) is 4.57. The van der Waals surface area contributed by atoms with E-state index < -0.39 is 0 Å². The average molecular weight is 405 g/mol. The highest BCUT2D eigenvalue weighted by Gasteiger charge is 2.17. The maximum atomic E-state index is 13.1. The molecule has 3 aromatic heterocycles. The fraction of sp³-hybridized carbons (Fsp3) is 0.474. The van der Waals surface area contributed by atoms with Crippen molar-refractivity contribution in [1.29, 1.82) is 0 Å². The Morgan fingerprint density at radius 1 is 1.41 bits per heavy atom. The number of rotatable bonds is 8. The molecule has 144 valence electrons. The van der Waals surface area contributed by atoms with Crippen molar-refractivity contribution in [2.45, 2.75) is 57.8 Å². The molecule has 1 unspecified atom stereocenters. The Labute approximate surface area is 166 Å². The summed E-state index contributed by atoms with van der Waals surface area (Å²) in [6, 6.07) is 3.93. The van der Waals surface area contributed by atoms with Crippen molar-refractivity contribution < 1.29 is 4.79 Å². The van der Waals surface area contributed by atoms with E-state index in [-0.39, 0.29) is 23.3 Å². The van der Waals surface area contributed by atoms with Crippen LogP contribution in [0.5, 0.6) is 0 Å². The van der Waals surface area contributed by atoms with E-state index >= 15 is 0 Å². The molecule has 8 heteroatoms. The summed E-state index contributed by atoms with van der Waals surface area (Å²) in [7, 11) is 0. The van der Waals surface area contributed by atoms with E-state index in [2.05, 4.69) is 17.2 Å². The van der Waals surface area contributed by atoms with Crippen LogP contribution in [0, 0.1) is 0 Å². The summed E-state index contributed by atoms with van der Waals surface area (Å²) in [6.45, 7) is 6.71. The number of thiophene rings is 1. The van der Waals surface area contributed by atoms with Crippen LogP contribution in [-0.2, 0) is 11.3 Å². The molecular weight excluding hydrogens is 380 g/mol. The molecule has 3 rings (SSSR count). The number of carbonyl (C=O) groups excluding carboxylic acids is 1. The van der Waals surface area contributed by atoms with Crippen molar-refractivity contribution in [2.24, 2.45) is 0 Å². The predicted octanol–water partition coefficient (Wildman–Crippen LogP) is 3.81. The first-order chi connectivity index (χ1) is 13.0. The third kappa shape index (κ3) is 4.32. The topological polar surface area (TPSA) is 76.9 Å². The van der Waals surface area contributed by atoms with Gasteiger partial charge in [-0.3, -0.25) is 14.2 Å². The molecule has 0 saturated carbocycles. The van der Waals surface area contributed by atoms with Crippen LogP contribution in [-0.4, -0.2) is 32.2 Å². The zero-order valence-electron chi connectivity index (χ0n) is 15.8. The number of aromatic nitrogens is 3.